The van der Waals surface area contributed by atoms with Gasteiger partial charge in [0.2, 0.25) is 11.8 Å². The van der Waals surface area contributed by atoms with E-state index < -0.39 is 0 Å². The Labute approximate surface area is 100 Å². The number of rotatable bonds is 2. The van der Waals surface area contributed by atoms with Crippen LogP contribution in [0, 0.1) is 6.92 Å². The Hall–Kier alpha value is -1.39. The summed E-state index contributed by atoms with van der Waals surface area (Å²) in [7, 11) is 0. The second kappa shape index (κ2) is 5.09. The van der Waals surface area contributed by atoms with E-state index in [-0.39, 0.29) is 18.4 Å². The van der Waals surface area contributed by atoms with Gasteiger partial charge in [-0.2, -0.15) is 0 Å². The predicted molar refractivity (Wildman–Crippen MR) is 64.3 cm³/mol. The highest BCUT2D eigenvalue weighted by atomic mass is 35.5. The number of hydrogen-bond donors (Lipinski definition) is 1. The van der Waals surface area contributed by atoms with Crippen LogP contribution in [0.1, 0.15) is 24.4 Å². The molecule has 0 bridgehead atoms. The first-order chi connectivity index (χ1) is 7.16. The highest BCUT2D eigenvalue weighted by Crippen LogP contribution is 2.19. The Morgan fingerprint density at radius 1 is 1.19 bits per heavy atom. The van der Waals surface area contributed by atoms with Crippen LogP contribution in [0.5, 0.6) is 0 Å². The zero-order valence-corrected chi connectivity index (χ0v) is 9.99. The van der Waals surface area contributed by atoms with Gasteiger partial charge in [0.05, 0.1) is 6.04 Å². The number of aromatic nitrogens is 2. The summed E-state index contributed by atoms with van der Waals surface area (Å²) in [6, 6.07) is 7.69. The molecule has 86 valence electrons. The molecule has 0 aliphatic carbocycles. The largest absolute Gasteiger partial charge is 0.419 e. The van der Waals surface area contributed by atoms with Crippen molar-refractivity contribution >= 4 is 12.4 Å². The zero-order chi connectivity index (χ0) is 10.8. The molecule has 0 fully saturated rings. The van der Waals surface area contributed by atoms with Gasteiger partial charge in [-0.3, -0.25) is 0 Å². The molecule has 0 spiro atoms. The molecule has 16 heavy (non-hydrogen) atoms. The molecule has 0 saturated carbocycles. The van der Waals surface area contributed by atoms with Crippen molar-refractivity contribution in [2.75, 3.05) is 0 Å². The van der Waals surface area contributed by atoms with Crippen LogP contribution in [0.3, 0.4) is 0 Å². The van der Waals surface area contributed by atoms with Crippen molar-refractivity contribution in [2.45, 2.75) is 19.9 Å². The predicted octanol–water partition coefficient (Wildman–Crippen LogP) is 2.49. The van der Waals surface area contributed by atoms with Crippen molar-refractivity contribution in [3.05, 3.63) is 35.7 Å². The summed E-state index contributed by atoms with van der Waals surface area (Å²) < 4.78 is 5.42. The fraction of sp³-hybridized carbons (Fsp3) is 0.273. The molecule has 0 saturated heterocycles. The fourth-order valence-corrected chi connectivity index (χ4v) is 1.23. The Morgan fingerprint density at radius 3 is 2.31 bits per heavy atom. The third-order valence-electron chi connectivity index (χ3n) is 2.13. The third-order valence-corrected chi connectivity index (χ3v) is 2.13. The highest BCUT2D eigenvalue weighted by Gasteiger charge is 2.10. The molecule has 1 aromatic heterocycles. The van der Waals surface area contributed by atoms with Gasteiger partial charge in [0, 0.05) is 5.56 Å². The Balaban J connectivity index is 0.00000128. The van der Waals surface area contributed by atoms with Crippen molar-refractivity contribution in [3.63, 3.8) is 0 Å². The normalized spacial score (nSPS) is 11.9. The van der Waals surface area contributed by atoms with Crippen LogP contribution >= 0.6 is 12.4 Å². The lowest BCUT2D eigenvalue weighted by molar-refractivity contribution is 0.473. The van der Waals surface area contributed by atoms with Crippen molar-refractivity contribution < 1.29 is 4.42 Å². The molecule has 0 aliphatic heterocycles. The van der Waals surface area contributed by atoms with Gasteiger partial charge in [-0.05, 0) is 26.0 Å². The van der Waals surface area contributed by atoms with Crippen LogP contribution in [0.25, 0.3) is 11.5 Å². The monoisotopic (exact) mass is 239 g/mol. The van der Waals surface area contributed by atoms with Gasteiger partial charge < -0.3 is 10.2 Å². The van der Waals surface area contributed by atoms with E-state index in [2.05, 4.69) is 10.2 Å². The summed E-state index contributed by atoms with van der Waals surface area (Å²) in [5, 5.41) is 7.81. The SMILES string of the molecule is Cc1ccc(-c2nnc(C(C)N)o2)cc1.Cl. The molecule has 5 heteroatoms. The number of nitrogens with zero attached hydrogens (tertiary/aromatic N) is 2. The number of hydrogen-bond acceptors (Lipinski definition) is 4. The maximum absolute atomic E-state index is 5.63. The topological polar surface area (TPSA) is 64.9 Å². The Kier molecular flexibility index (Phi) is 4.04. The number of benzene rings is 1. The van der Waals surface area contributed by atoms with E-state index in [1.54, 1.807) is 0 Å². The van der Waals surface area contributed by atoms with E-state index in [4.69, 9.17) is 10.2 Å². The van der Waals surface area contributed by atoms with Crippen LogP contribution in [-0.4, -0.2) is 10.2 Å². The van der Waals surface area contributed by atoms with Crippen LogP contribution in [0.2, 0.25) is 0 Å². The van der Waals surface area contributed by atoms with Crippen molar-refractivity contribution in [2.24, 2.45) is 5.73 Å². The first kappa shape index (κ1) is 12.7. The van der Waals surface area contributed by atoms with E-state index in [1.165, 1.54) is 5.56 Å². The molecule has 1 heterocycles. The molecule has 1 aromatic carbocycles. The van der Waals surface area contributed by atoms with E-state index >= 15 is 0 Å². The minimum absolute atomic E-state index is 0. The quantitative estimate of drug-likeness (QED) is 0.875. The smallest absolute Gasteiger partial charge is 0.247 e. The van der Waals surface area contributed by atoms with E-state index in [0.29, 0.717) is 11.8 Å². The van der Waals surface area contributed by atoms with Crippen LogP contribution in [-0.2, 0) is 0 Å². The van der Waals surface area contributed by atoms with Gasteiger partial charge in [-0.1, -0.05) is 17.7 Å². The first-order valence-electron chi connectivity index (χ1n) is 4.83. The second-order valence-electron chi connectivity index (χ2n) is 3.60. The van der Waals surface area contributed by atoms with Gasteiger partial charge in [0.1, 0.15) is 0 Å². The number of halogens is 1. The first-order valence-corrected chi connectivity index (χ1v) is 4.83. The molecule has 2 aromatic rings. The minimum Gasteiger partial charge on any atom is -0.419 e. The maximum atomic E-state index is 5.63. The average Bonchev–Trinajstić information content (AvgIpc) is 2.68. The standard InChI is InChI=1S/C11H13N3O.ClH/c1-7-3-5-9(6-4-7)11-14-13-10(15-11)8(2)12;/h3-6,8H,12H2,1-2H3;1H. The van der Waals surface area contributed by atoms with Crippen LogP contribution in [0.15, 0.2) is 28.7 Å². The van der Waals surface area contributed by atoms with Gasteiger partial charge in [-0.15, -0.1) is 22.6 Å². The summed E-state index contributed by atoms with van der Waals surface area (Å²) in [4.78, 5) is 0. The lowest BCUT2D eigenvalue weighted by Crippen LogP contribution is -2.04. The van der Waals surface area contributed by atoms with Crippen LogP contribution in [0.4, 0.5) is 0 Å². The molecule has 2 N–H and O–H groups in total. The summed E-state index contributed by atoms with van der Waals surface area (Å²) in [5.74, 6) is 0.980. The van der Waals surface area contributed by atoms with E-state index in [9.17, 15) is 0 Å². The Morgan fingerprint density at radius 2 is 1.81 bits per heavy atom. The minimum atomic E-state index is -0.225. The average molecular weight is 240 g/mol. The van der Waals surface area contributed by atoms with Gasteiger partial charge >= 0.3 is 0 Å². The Bertz CT molecular complexity index is 451. The number of aryl methyl sites for hydroxylation is 1. The summed E-state index contributed by atoms with van der Waals surface area (Å²) in [6.07, 6.45) is 0. The lowest BCUT2D eigenvalue weighted by atomic mass is 10.1. The van der Waals surface area contributed by atoms with Gasteiger partial charge in [0.15, 0.2) is 0 Å². The molecule has 1 atom stereocenters. The summed E-state index contributed by atoms with van der Waals surface area (Å²) in [5.41, 5.74) is 7.75. The van der Waals surface area contributed by atoms with Gasteiger partial charge in [0.25, 0.3) is 0 Å². The van der Waals surface area contributed by atoms with Crippen molar-refractivity contribution in [3.8, 4) is 11.5 Å². The van der Waals surface area contributed by atoms with E-state index in [1.807, 2.05) is 38.1 Å². The molecular weight excluding hydrogens is 226 g/mol. The highest BCUT2D eigenvalue weighted by molar-refractivity contribution is 5.85. The third kappa shape index (κ3) is 2.59. The van der Waals surface area contributed by atoms with E-state index in [0.717, 1.165) is 5.56 Å². The molecule has 0 aliphatic rings. The maximum Gasteiger partial charge on any atom is 0.247 e. The summed E-state index contributed by atoms with van der Waals surface area (Å²) in [6.45, 7) is 3.84. The second-order valence-corrected chi connectivity index (χ2v) is 3.60. The molecule has 2 rings (SSSR count). The lowest BCUT2D eigenvalue weighted by Gasteiger charge is -1.96. The number of nitrogens with two attached hydrogens (primary N) is 1. The van der Waals surface area contributed by atoms with Crippen molar-refractivity contribution in [1.82, 2.24) is 10.2 Å². The molecule has 0 radical (unpaired) electrons. The summed E-state index contributed by atoms with van der Waals surface area (Å²) >= 11 is 0. The van der Waals surface area contributed by atoms with Crippen LogP contribution < -0.4 is 5.73 Å². The zero-order valence-electron chi connectivity index (χ0n) is 9.18. The molecular formula is C11H14ClN3O. The molecule has 0 amide bonds. The molecule has 1 unspecified atom stereocenters. The molecule has 4 nitrogen and oxygen atoms in total. The van der Waals surface area contributed by atoms with Gasteiger partial charge in [-0.25, -0.2) is 0 Å². The fourth-order valence-electron chi connectivity index (χ4n) is 1.23. The van der Waals surface area contributed by atoms with Crippen molar-refractivity contribution in [1.29, 1.82) is 0 Å².